The lowest BCUT2D eigenvalue weighted by atomic mass is 9.84. The molecule has 1 rings (SSSR count). The van der Waals surface area contributed by atoms with Crippen LogP contribution >= 0.6 is 0 Å². The molecule has 16 heavy (non-hydrogen) atoms. The highest BCUT2D eigenvalue weighted by atomic mass is 15.2. The molecular weight excluding hydrogens is 194 g/mol. The van der Waals surface area contributed by atoms with Gasteiger partial charge in [0.15, 0.2) is 0 Å². The quantitative estimate of drug-likeness (QED) is 0.616. The van der Waals surface area contributed by atoms with Gasteiger partial charge in [-0.1, -0.05) is 53.0 Å². The van der Waals surface area contributed by atoms with Crippen LogP contribution in [0.1, 0.15) is 59.3 Å². The standard InChI is InChI=1S/C15H29N/c1-5-8-14(9-6-2)15-10-11-16(12-15)13(4)7-3/h14-15H,4-12H2,1-3H3. The van der Waals surface area contributed by atoms with Crippen LogP contribution in [0.25, 0.3) is 0 Å². The van der Waals surface area contributed by atoms with E-state index in [0.29, 0.717) is 0 Å². The maximum Gasteiger partial charge on any atom is 0.0206 e. The van der Waals surface area contributed by atoms with Crippen LogP contribution in [-0.2, 0) is 0 Å². The Bertz CT molecular complexity index is 203. The monoisotopic (exact) mass is 223 g/mol. The van der Waals surface area contributed by atoms with E-state index < -0.39 is 0 Å². The number of hydrogen-bond acceptors (Lipinski definition) is 1. The molecule has 1 heterocycles. The van der Waals surface area contributed by atoms with E-state index in [0.717, 1.165) is 18.3 Å². The van der Waals surface area contributed by atoms with Gasteiger partial charge in [-0.25, -0.2) is 0 Å². The highest BCUT2D eigenvalue weighted by Gasteiger charge is 2.28. The second-order valence-corrected chi connectivity index (χ2v) is 5.25. The SMILES string of the molecule is C=C(CC)N1CCC(C(CCC)CCC)C1. The van der Waals surface area contributed by atoms with Crippen molar-refractivity contribution in [2.75, 3.05) is 13.1 Å². The van der Waals surface area contributed by atoms with Crippen LogP contribution in [0.15, 0.2) is 12.3 Å². The lowest BCUT2D eigenvalue weighted by molar-refractivity contribution is 0.285. The fourth-order valence-corrected chi connectivity index (χ4v) is 3.04. The molecule has 0 aromatic heterocycles. The first-order valence-electron chi connectivity index (χ1n) is 7.15. The molecule has 1 fully saturated rings. The van der Waals surface area contributed by atoms with E-state index >= 15 is 0 Å². The van der Waals surface area contributed by atoms with Crippen LogP contribution in [0.2, 0.25) is 0 Å². The molecule has 1 aliphatic rings. The van der Waals surface area contributed by atoms with Gasteiger partial charge < -0.3 is 4.90 Å². The van der Waals surface area contributed by atoms with Crippen LogP contribution in [0.5, 0.6) is 0 Å². The molecule has 0 bridgehead atoms. The molecule has 0 aliphatic carbocycles. The van der Waals surface area contributed by atoms with Crippen molar-refractivity contribution in [3.05, 3.63) is 12.3 Å². The summed E-state index contributed by atoms with van der Waals surface area (Å²) in [6, 6.07) is 0. The van der Waals surface area contributed by atoms with Crippen LogP contribution in [0.3, 0.4) is 0 Å². The first-order chi connectivity index (χ1) is 7.72. The van der Waals surface area contributed by atoms with Gasteiger partial charge in [-0.15, -0.1) is 0 Å². The Morgan fingerprint density at radius 3 is 2.38 bits per heavy atom. The normalized spacial score (nSPS) is 20.8. The summed E-state index contributed by atoms with van der Waals surface area (Å²) >= 11 is 0. The van der Waals surface area contributed by atoms with E-state index in [1.807, 2.05) is 0 Å². The second-order valence-electron chi connectivity index (χ2n) is 5.25. The third-order valence-electron chi connectivity index (χ3n) is 4.07. The van der Waals surface area contributed by atoms with Crippen LogP contribution in [0, 0.1) is 11.8 Å². The second kappa shape index (κ2) is 6.98. The molecule has 0 aromatic carbocycles. The minimum Gasteiger partial charge on any atom is -0.375 e. The molecule has 0 radical (unpaired) electrons. The van der Waals surface area contributed by atoms with Gasteiger partial charge in [-0.2, -0.15) is 0 Å². The van der Waals surface area contributed by atoms with Crippen molar-refractivity contribution in [1.29, 1.82) is 0 Å². The molecule has 0 N–H and O–H groups in total. The van der Waals surface area contributed by atoms with E-state index in [1.54, 1.807) is 0 Å². The van der Waals surface area contributed by atoms with Crippen molar-refractivity contribution in [3.8, 4) is 0 Å². The number of nitrogens with zero attached hydrogens (tertiary/aromatic N) is 1. The summed E-state index contributed by atoms with van der Waals surface area (Å²) in [5, 5.41) is 0. The Labute approximate surface area is 102 Å². The van der Waals surface area contributed by atoms with Crippen molar-refractivity contribution in [2.45, 2.75) is 59.3 Å². The van der Waals surface area contributed by atoms with Gasteiger partial charge in [0.05, 0.1) is 0 Å². The predicted octanol–water partition coefficient (Wildman–Crippen LogP) is 4.45. The van der Waals surface area contributed by atoms with E-state index in [-0.39, 0.29) is 0 Å². The van der Waals surface area contributed by atoms with Crippen LogP contribution in [-0.4, -0.2) is 18.0 Å². The highest BCUT2D eigenvalue weighted by Crippen LogP contribution is 2.32. The van der Waals surface area contributed by atoms with Gasteiger partial charge in [0, 0.05) is 18.8 Å². The Morgan fingerprint density at radius 1 is 1.25 bits per heavy atom. The van der Waals surface area contributed by atoms with Gasteiger partial charge in [-0.05, 0) is 24.7 Å². The lowest BCUT2D eigenvalue weighted by Gasteiger charge is -2.24. The third kappa shape index (κ3) is 3.54. The summed E-state index contributed by atoms with van der Waals surface area (Å²) < 4.78 is 0. The van der Waals surface area contributed by atoms with Gasteiger partial charge in [-0.3, -0.25) is 0 Å². The largest absolute Gasteiger partial charge is 0.375 e. The first-order valence-corrected chi connectivity index (χ1v) is 7.15. The Balaban J connectivity index is 2.45. The maximum atomic E-state index is 4.17. The molecule has 0 saturated carbocycles. The number of rotatable bonds is 7. The average molecular weight is 223 g/mol. The smallest absolute Gasteiger partial charge is 0.0206 e. The minimum absolute atomic E-state index is 0.934. The zero-order valence-corrected chi connectivity index (χ0v) is 11.5. The summed E-state index contributed by atoms with van der Waals surface area (Å²) in [5.41, 5.74) is 1.34. The zero-order chi connectivity index (χ0) is 12.0. The molecule has 94 valence electrons. The van der Waals surface area contributed by atoms with Crippen molar-refractivity contribution >= 4 is 0 Å². The molecule has 1 unspecified atom stereocenters. The van der Waals surface area contributed by atoms with Gasteiger partial charge in [0.2, 0.25) is 0 Å². The summed E-state index contributed by atoms with van der Waals surface area (Å²) in [4.78, 5) is 2.52. The van der Waals surface area contributed by atoms with Gasteiger partial charge in [0.25, 0.3) is 0 Å². The molecular formula is C15H29N. The van der Waals surface area contributed by atoms with E-state index in [1.165, 1.54) is 50.9 Å². The topological polar surface area (TPSA) is 3.24 Å². The molecule has 1 atom stereocenters. The van der Waals surface area contributed by atoms with E-state index in [4.69, 9.17) is 0 Å². The Morgan fingerprint density at radius 2 is 1.88 bits per heavy atom. The van der Waals surface area contributed by atoms with E-state index in [9.17, 15) is 0 Å². The van der Waals surface area contributed by atoms with E-state index in [2.05, 4.69) is 32.3 Å². The molecule has 1 aliphatic heterocycles. The predicted molar refractivity (Wildman–Crippen MR) is 72.4 cm³/mol. The van der Waals surface area contributed by atoms with Crippen molar-refractivity contribution in [2.24, 2.45) is 11.8 Å². The maximum absolute atomic E-state index is 4.17. The first kappa shape index (κ1) is 13.6. The van der Waals surface area contributed by atoms with Crippen LogP contribution < -0.4 is 0 Å². The summed E-state index contributed by atoms with van der Waals surface area (Å²) in [5.74, 6) is 1.90. The third-order valence-corrected chi connectivity index (χ3v) is 4.07. The highest BCUT2D eigenvalue weighted by molar-refractivity contribution is 4.97. The molecule has 1 saturated heterocycles. The molecule has 1 nitrogen and oxygen atoms in total. The van der Waals surface area contributed by atoms with Crippen molar-refractivity contribution in [1.82, 2.24) is 4.90 Å². The minimum atomic E-state index is 0.934. The molecule has 0 amide bonds. The number of likely N-dealkylation sites (tertiary alicyclic amines) is 1. The Kier molecular flexibility index (Phi) is 5.94. The van der Waals surface area contributed by atoms with Gasteiger partial charge in [0.1, 0.15) is 0 Å². The number of hydrogen-bond donors (Lipinski definition) is 0. The van der Waals surface area contributed by atoms with Crippen molar-refractivity contribution < 1.29 is 0 Å². The fraction of sp³-hybridized carbons (Fsp3) is 0.867. The lowest BCUT2D eigenvalue weighted by Crippen LogP contribution is -2.22. The average Bonchev–Trinajstić information content (AvgIpc) is 2.77. The molecule has 0 aromatic rings. The molecule has 0 spiro atoms. The summed E-state index contributed by atoms with van der Waals surface area (Å²) in [6.45, 7) is 13.5. The Hall–Kier alpha value is -0.460. The van der Waals surface area contributed by atoms with Gasteiger partial charge >= 0.3 is 0 Å². The summed E-state index contributed by atoms with van der Waals surface area (Å²) in [7, 11) is 0. The van der Waals surface area contributed by atoms with Crippen molar-refractivity contribution in [3.63, 3.8) is 0 Å². The zero-order valence-electron chi connectivity index (χ0n) is 11.5. The molecule has 1 heteroatoms. The van der Waals surface area contributed by atoms with Crippen LogP contribution in [0.4, 0.5) is 0 Å². The number of allylic oxidation sites excluding steroid dienone is 1. The fourth-order valence-electron chi connectivity index (χ4n) is 3.04. The summed E-state index contributed by atoms with van der Waals surface area (Å²) in [6.07, 6.45) is 8.03.